The zero-order chi connectivity index (χ0) is 12.0. The number of aldehydes is 1. The van der Waals surface area contributed by atoms with Gasteiger partial charge in [0.1, 0.15) is 0 Å². The van der Waals surface area contributed by atoms with Gasteiger partial charge in [0.05, 0.1) is 6.04 Å². The third kappa shape index (κ3) is 1.56. The summed E-state index contributed by atoms with van der Waals surface area (Å²) in [5.74, 6) is 0. The molecule has 3 rings (SSSR count). The molecule has 3 heteroatoms. The number of hydrogen-bond acceptors (Lipinski definition) is 2. The highest BCUT2D eigenvalue weighted by atomic mass is 16.1. The predicted molar refractivity (Wildman–Crippen MR) is 67.5 cm³/mol. The van der Waals surface area contributed by atoms with Crippen molar-refractivity contribution in [1.29, 1.82) is 0 Å². The number of aryl methyl sites for hydroxylation is 1. The fraction of sp³-hybridized carbons (Fsp3) is 0.643. The Kier molecular flexibility index (Phi) is 2.58. The lowest BCUT2D eigenvalue weighted by molar-refractivity contribution is 0.112. The molecule has 2 aliphatic rings. The third-order valence-electron chi connectivity index (χ3n) is 4.55. The molecule has 0 saturated carbocycles. The van der Waals surface area contributed by atoms with Gasteiger partial charge >= 0.3 is 0 Å². The van der Waals surface area contributed by atoms with E-state index in [4.69, 9.17) is 0 Å². The molecule has 0 spiro atoms. The van der Waals surface area contributed by atoms with Crippen LogP contribution in [0.3, 0.4) is 0 Å². The number of hydrogen-bond donors (Lipinski definition) is 0. The number of nitrogens with zero attached hydrogens (tertiary/aromatic N) is 2. The lowest BCUT2D eigenvalue weighted by Crippen LogP contribution is -2.28. The van der Waals surface area contributed by atoms with Crippen molar-refractivity contribution in [2.24, 2.45) is 0 Å². The van der Waals surface area contributed by atoms with Crippen LogP contribution in [0, 0.1) is 13.8 Å². The first-order valence-corrected chi connectivity index (χ1v) is 6.60. The first-order chi connectivity index (χ1) is 8.22. The first-order valence-electron chi connectivity index (χ1n) is 6.60. The van der Waals surface area contributed by atoms with Crippen LogP contribution in [-0.4, -0.2) is 34.9 Å². The SMILES string of the molecule is Cc1cc(C=O)c(C)n1C1CCN2CCCC12. The topological polar surface area (TPSA) is 25.2 Å². The van der Waals surface area contributed by atoms with Crippen LogP contribution in [0.2, 0.25) is 0 Å². The second-order valence-corrected chi connectivity index (χ2v) is 5.42. The van der Waals surface area contributed by atoms with Crippen molar-refractivity contribution in [2.75, 3.05) is 13.1 Å². The van der Waals surface area contributed by atoms with Crippen LogP contribution in [0.15, 0.2) is 6.07 Å². The van der Waals surface area contributed by atoms with Crippen LogP contribution in [0.5, 0.6) is 0 Å². The van der Waals surface area contributed by atoms with E-state index in [9.17, 15) is 4.79 Å². The van der Waals surface area contributed by atoms with Crippen molar-refractivity contribution in [3.05, 3.63) is 23.0 Å². The van der Waals surface area contributed by atoms with Crippen LogP contribution in [0.1, 0.15) is 47.1 Å². The zero-order valence-electron chi connectivity index (χ0n) is 10.6. The van der Waals surface area contributed by atoms with Crippen LogP contribution in [0.4, 0.5) is 0 Å². The molecule has 0 aromatic carbocycles. The van der Waals surface area contributed by atoms with E-state index in [1.807, 2.05) is 6.07 Å². The molecule has 0 aliphatic carbocycles. The van der Waals surface area contributed by atoms with Gasteiger partial charge in [0.15, 0.2) is 6.29 Å². The molecule has 3 nitrogen and oxygen atoms in total. The summed E-state index contributed by atoms with van der Waals surface area (Å²) >= 11 is 0. The summed E-state index contributed by atoms with van der Waals surface area (Å²) in [5.41, 5.74) is 3.25. The molecule has 0 amide bonds. The van der Waals surface area contributed by atoms with Gasteiger partial charge in [-0.05, 0) is 45.7 Å². The van der Waals surface area contributed by atoms with Crippen LogP contribution >= 0.6 is 0 Å². The Hall–Kier alpha value is -1.09. The number of rotatable bonds is 2. The molecule has 1 aromatic heterocycles. The van der Waals surface area contributed by atoms with Gasteiger partial charge in [0.25, 0.3) is 0 Å². The van der Waals surface area contributed by atoms with Gasteiger partial charge in [0.2, 0.25) is 0 Å². The van der Waals surface area contributed by atoms with E-state index in [1.54, 1.807) is 0 Å². The number of aromatic nitrogens is 1. The second kappa shape index (κ2) is 3.98. The van der Waals surface area contributed by atoms with Gasteiger partial charge < -0.3 is 4.57 Å². The first kappa shape index (κ1) is 11.0. The maximum absolute atomic E-state index is 11.0. The van der Waals surface area contributed by atoms with Crippen molar-refractivity contribution in [3.8, 4) is 0 Å². The molecule has 17 heavy (non-hydrogen) atoms. The summed E-state index contributed by atoms with van der Waals surface area (Å²) < 4.78 is 2.40. The molecule has 2 saturated heterocycles. The molecule has 0 N–H and O–H groups in total. The fourth-order valence-electron chi connectivity index (χ4n) is 3.79. The number of carbonyl (C=O) groups excluding carboxylic acids is 1. The highest BCUT2D eigenvalue weighted by molar-refractivity contribution is 5.77. The Bertz CT molecular complexity index is 449. The second-order valence-electron chi connectivity index (χ2n) is 5.42. The van der Waals surface area contributed by atoms with Crippen LogP contribution in [-0.2, 0) is 0 Å². The molecule has 2 fully saturated rings. The predicted octanol–water partition coefficient (Wildman–Crippen LogP) is 2.33. The Morgan fingerprint density at radius 2 is 2.06 bits per heavy atom. The average Bonchev–Trinajstić information content (AvgIpc) is 2.95. The summed E-state index contributed by atoms with van der Waals surface area (Å²) in [6, 6.07) is 3.32. The lowest BCUT2D eigenvalue weighted by Gasteiger charge is -2.24. The zero-order valence-corrected chi connectivity index (χ0v) is 10.6. The molecule has 2 aliphatic heterocycles. The minimum absolute atomic E-state index is 0.589. The summed E-state index contributed by atoms with van der Waals surface area (Å²) in [5, 5.41) is 0. The van der Waals surface area contributed by atoms with E-state index in [0.717, 1.165) is 17.5 Å². The molecule has 3 heterocycles. The van der Waals surface area contributed by atoms with Crippen molar-refractivity contribution >= 4 is 6.29 Å². The van der Waals surface area contributed by atoms with E-state index in [2.05, 4.69) is 23.3 Å². The third-order valence-corrected chi connectivity index (χ3v) is 4.55. The van der Waals surface area contributed by atoms with Crippen LogP contribution in [0.25, 0.3) is 0 Å². The van der Waals surface area contributed by atoms with Crippen LogP contribution < -0.4 is 0 Å². The largest absolute Gasteiger partial charge is 0.344 e. The van der Waals surface area contributed by atoms with Gasteiger partial charge in [-0.2, -0.15) is 0 Å². The summed E-state index contributed by atoms with van der Waals surface area (Å²) in [4.78, 5) is 13.6. The monoisotopic (exact) mass is 232 g/mol. The van der Waals surface area contributed by atoms with Crippen molar-refractivity contribution in [1.82, 2.24) is 9.47 Å². The summed E-state index contributed by atoms with van der Waals surface area (Å²) in [7, 11) is 0. The van der Waals surface area contributed by atoms with Gasteiger partial charge in [-0.1, -0.05) is 0 Å². The molecular weight excluding hydrogens is 212 g/mol. The maximum atomic E-state index is 11.0. The normalized spacial score (nSPS) is 28.6. The average molecular weight is 232 g/mol. The van der Waals surface area contributed by atoms with E-state index in [0.29, 0.717) is 12.1 Å². The smallest absolute Gasteiger partial charge is 0.151 e. The van der Waals surface area contributed by atoms with E-state index >= 15 is 0 Å². The van der Waals surface area contributed by atoms with Gasteiger partial charge in [0, 0.05) is 29.5 Å². The van der Waals surface area contributed by atoms with E-state index < -0.39 is 0 Å². The molecule has 0 radical (unpaired) electrons. The number of carbonyl (C=O) groups is 1. The molecule has 2 unspecified atom stereocenters. The molecule has 1 aromatic rings. The Morgan fingerprint density at radius 3 is 2.76 bits per heavy atom. The Morgan fingerprint density at radius 1 is 1.24 bits per heavy atom. The summed E-state index contributed by atoms with van der Waals surface area (Å²) in [6.07, 6.45) is 4.87. The highest BCUT2D eigenvalue weighted by Gasteiger charge is 2.38. The fourth-order valence-corrected chi connectivity index (χ4v) is 3.79. The van der Waals surface area contributed by atoms with E-state index in [-0.39, 0.29) is 0 Å². The number of fused-ring (bicyclic) bond motifs is 1. The Balaban J connectivity index is 1.99. The van der Waals surface area contributed by atoms with Crippen molar-refractivity contribution in [2.45, 2.75) is 45.2 Å². The maximum Gasteiger partial charge on any atom is 0.151 e. The quantitative estimate of drug-likeness (QED) is 0.731. The Labute approximate surface area is 102 Å². The van der Waals surface area contributed by atoms with Gasteiger partial charge in [-0.25, -0.2) is 0 Å². The van der Waals surface area contributed by atoms with E-state index in [1.165, 1.54) is 38.0 Å². The highest BCUT2D eigenvalue weighted by Crippen LogP contribution is 2.38. The lowest BCUT2D eigenvalue weighted by atomic mass is 10.1. The molecular formula is C14H20N2O. The summed E-state index contributed by atoms with van der Waals surface area (Å²) in [6.45, 7) is 6.69. The minimum Gasteiger partial charge on any atom is -0.344 e. The minimum atomic E-state index is 0.589. The van der Waals surface area contributed by atoms with Gasteiger partial charge in [-0.3, -0.25) is 9.69 Å². The van der Waals surface area contributed by atoms with Crippen molar-refractivity contribution in [3.63, 3.8) is 0 Å². The standard InChI is InChI=1S/C14H20N2O/c1-10-8-12(9-17)11(2)16(10)14-5-7-15-6-3-4-13(14)15/h8-9,13-14H,3-7H2,1-2H3. The molecule has 0 bridgehead atoms. The molecule has 92 valence electrons. The van der Waals surface area contributed by atoms with Crippen molar-refractivity contribution < 1.29 is 4.79 Å². The van der Waals surface area contributed by atoms with Gasteiger partial charge in [-0.15, -0.1) is 0 Å². The molecule has 2 atom stereocenters.